The number of rotatable bonds is 4. The van der Waals surface area contributed by atoms with Gasteiger partial charge in [-0.3, -0.25) is 0 Å². The monoisotopic (exact) mass is 303 g/mol. The Hall–Kier alpha value is -1.33. The molecule has 0 saturated heterocycles. The van der Waals surface area contributed by atoms with Gasteiger partial charge in [0.25, 0.3) is 0 Å². The van der Waals surface area contributed by atoms with Crippen molar-refractivity contribution in [3.63, 3.8) is 0 Å². The highest BCUT2D eigenvalue weighted by atomic mass is 32.2. The van der Waals surface area contributed by atoms with Gasteiger partial charge >= 0.3 is 0 Å². The summed E-state index contributed by atoms with van der Waals surface area (Å²) in [6, 6.07) is 8.63. The smallest absolute Gasteiger partial charge is 0.229 e. The molecule has 4 nitrogen and oxygen atoms in total. The molecular formula is C16H21N3OS. The lowest BCUT2D eigenvalue weighted by atomic mass is 9.86. The van der Waals surface area contributed by atoms with Crippen LogP contribution in [0.4, 0.5) is 0 Å². The highest BCUT2D eigenvalue weighted by molar-refractivity contribution is 7.98. The molecule has 1 saturated carbocycles. The van der Waals surface area contributed by atoms with E-state index in [1.54, 1.807) is 11.8 Å². The first-order chi connectivity index (χ1) is 10.2. The molecule has 0 radical (unpaired) electrons. The Balaban J connectivity index is 1.61. The zero-order valence-corrected chi connectivity index (χ0v) is 13.1. The van der Waals surface area contributed by atoms with E-state index in [4.69, 9.17) is 10.3 Å². The molecule has 1 aliphatic rings. The molecule has 2 atom stereocenters. The lowest BCUT2D eigenvalue weighted by molar-refractivity contribution is 0.297. The third kappa shape index (κ3) is 3.66. The predicted octanol–water partition coefficient (Wildman–Crippen LogP) is 3.66. The van der Waals surface area contributed by atoms with Crippen molar-refractivity contribution in [2.24, 2.45) is 5.73 Å². The lowest BCUT2D eigenvalue weighted by Crippen LogP contribution is -2.26. The van der Waals surface area contributed by atoms with E-state index in [1.165, 1.54) is 10.5 Å². The maximum atomic E-state index is 6.03. The average molecular weight is 303 g/mol. The first-order valence-corrected chi connectivity index (χ1v) is 8.47. The van der Waals surface area contributed by atoms with Crippen molar-refractivity contribution in [3.05, 3.63) is 41.5 Å². The van der Waals surface area contributed by atoms with E-state index >= 15 is 0 Å². The van der Waals surface area contributed by atoms with Crippen LogP contribution in [0.5, 0.6) is 0 Å². The van der Waals surface area contributed by atoms with E-state index in [-0.39, 0.29) is 6.04 Å². The Kier molecular flexibility index (Phi) is 4.60. The van der Waals surface area contributed by atoms with Crippen LogP contribution in [-0.2, 0) is 5.75 Å². The summed E-state index contributed by atoms with van der Waals surface area (Å²) in [6.45, 7) is 2.12. The average Bonchev–Trinajstić information content (AvgIpc) is 2.95. The zero-order valence-electron chi connectivity index (χ0n) is 12.3. The van der Waals surface area contributed by atoms with Crippen molar-refractivity contribution in [3.8, 4) is 0 Å². The van der Waals surface area contributed by atoms with Crippen molar-refractivity contribution in [2.45, 2.75) is 55.2 Å². The van der Waals surface area contributed by atoms with Crippen LogP contribution in [0, 0.1) is 6.92 Å². The molecule has 1 aromatic carbocycles. The number of aryl methyl sites for hydroxylation is 1. The van der Waals surface area contributed by atoms with Crippen LogP contribution in [0.15, 0.2) is 33.7 Å². The summed E-state index contributed by atoms with van der Waals surface area (Å²) in [5.41, 5.74) is 7.31. The van der Waals surface area contributed by atoms with Crippen molar-refractivity contribution in [1.29, 1.82) is 0 Å². The highest BCUT2D eigenvalue weighted by Gasteiger charge is 2.25. The molecular weight excluding hydrogens is 282 g/mol. The summed E-state index contributed by atoms with van der Waals surface area (Å²) >= 11 is 1.75. The number of benzene rings is 1. The Morgan fingerprint density at radius 3 is 3.00 bits per heavy atom. The van der Waals surface area contributed by atoms with E-state index in [2.05, 4.69) is 41.3 Å². The van der Waals surface area contributed by atoms with Crippen molar-refractivity contribution < 1.29 is 4.52 Å². The number of aromatic nitrogens is 2. The van der Waals surface area contributed by atoms with Gasteiger partial charge in [0.1, 0.15) is 0 Å². The van der Waals surface area contributed by atoms with Gasteiger partial charge in [-0.1, -0.05) is 29.8 Å². The minimum absolute atomic E-state index is 0.278. The second-order valence-corrected chi connectivity index (χ2v) is 6.74. The zero-order chi connectivity index (χ0) is 14.7. The molecule has 1 aromatic heterocycles. The molecule has 0 aliphatic heterocycles. The largest absolute Gasteiger partial charge is 0.339 e. The Bertz CT molecular complexity index is 599. The van der Waals surface area contributed by atoms with E-state index in [9.17, 15) is 0 Å². The van der Waals surface area contributed by atoms with Crippen molar-refractivity contribution >= 4 is 11.8 Å². The standard InChI is InChI=1S/C16H21N3OS/c1-11-5-2-3-8-14(11)21-10-15-18-16(20-19-15)12-6-4-7-13(17)9-12/h2-3,5,8,12-13H,4,6-7,9-10,17H2,1H3. The molecule has 112 valence electrons. The van der Waals surface area contributed by atoms with Crippen LogP contribution in [-0.4, -0.2) is 16.2 Å². The summed E-state index contributed by atoms with van der Waals surface area (Å²) in [5, 5.41) is 4.11. The summed E-state index contributed by atoms with van der Waals surface area (Å²) < 4.78 is 5.44. The van der Waals surface area contributed by atoms with Crippen molar-refractivity contribution in [1.82, 2.24) is 10.1 Å². The molecule has 21 heavy (non-hydrogen) atoms. The second kappa shape index (κ2) is 6.62. The molecule has 3 rings (SSSR count). The van der Waals surface area contributed by atoms with Gasteiger partial charge in [0.2, 0.25) is 5.89 Å². The molecule has 5 heteroatoms. The van der Waals surface area contributed by atoms with Crippen LogP contribution in [0.1, 0.15) is 48.9 Å². The number of nitrogens with zero attached hydrogens (tertiary/aromatic N) is 2. The molecule has 1 aliphatic carbocycles. The van der Waals surface area contributed by atoms with Gasteiger partial charge in [-0.25, -0.2) is 0 Å². The highest BCUT2D eigenvalue weighted by Crippen LogP contribution is 2.32. The van der Waals surface area contributed by atoms with Gasteiger partial charge < -0.3 is 10.3 Å². The summed E-state index contributed by atoms with van der Waals surface area (Å²) in [6.07, 6.45) is 4.34. The fraction of sp³-hybridized carbons (Fsp3) is 0.500. The van der Waals surface area contributed by atoms with E-state index < -0.39 is 0 Å². The maximum absolute atomic E-state index is 6.03. The summed E-state index contributed by atoms with van der Waals surface area (Å²) in [5.74, 6) is 2.63. The number of thioether (sulfide) groups is 1. The molecule has 2 aromatic rings. The molecule has 0 bridgehead atoms. The van der Waals surface area contributed by atoms with Crippen LogP contribution in [0.25, 0.3) is 0 Å². The minimum Gasteiger partial charge on any atom is -0.339 e. The third-order valence-electron chi connectivity index (χ3n) is 4.00. The fourth-order valence-electron chi connectivity index (χ4n) is 2.80. The second-order valence-electron chi connectivity index (χ2n) is 5.73. The van der Waals surface area contributed by atoms with Crippen LogP contribution in [0.3, 0.4) is 0 Å². The van der Waals surface area contributed by atoms with Crippen LogP contribution < -0.4 is 5.73 Å². The third-order valence-corrected chi connectivity index (χ3v) is 5.17. The van der Waals surface area contributed by atoms with Crippen LogP contribution >= 0.6 is 11.8 Å². The Labute approximate surface area is 129 Å². The molecule has 1 fully saturated rings. The number of nitrogens with two attached hydrogens (primary N) is 1. The first kappa shape index (κ1) is 14.6. The lowest BCUT2D eigenvalue weighted by Gasteiger charge is -2.23. The van der Waals surface area contributed by atoms with E-state index in [0.717, 1.165) is 43.2 Å². The van der Waals surface area contributed by atoms with Gasteiger partial charge in [0, 0.05) is 16.9 Å². The van der Waals surface area contributed by atoms with Gasteiger partial charge in [0.15, 0.2) is 5.82 Å². The summed E-state index contributed by atoms with van der Waals surface area (Å²) in [4.78, 5) is 5.83. The molecule has 0 spiro atoms. The molecule has 2 N–H and O–H groups in total. The van der Waals surface area contributed by atoms with Crippen LogP contribution in [0.2, 0.25) is 0 Å². The SMILES string of the molecule is Cc1ccccc1SCc1noc(C2CCCC(N)C2)n1. The molecule has 0 amide bonds. The van der Waals surface area contributed by atoms with Gasteiger partial charge in [-0.15, -0.1) is 11.8 Å². The van der Waals surface area contributed by atoms with E-state index in [0.29, 0.717) is 5.92 Å². The Morgan fingerprint density at radius 1 is 1.33 bits per heavy atom. The van der Waals surface area contributed by atoms with Crippen molar-refractivity contribution in [2.75, 3.05) is 0 Å². The normalized spacial score (nSPS) is 22.4. The topological polar surface area (TPSA) is 64.9 Å². The first-order valence-electron chi connectivity index (χ1n) is 7.49. The van der Waals surface area contributed by atoms with Gasteiger partial charge in [-0.05, 0) is 37.8 Å². The van der Waals surface area contributed by atoms with Gasteiger partial charge in [-0.2, -0.15) is 4.98 Å². The van der Waals surface area contributed by atoms with E-state index in [1.807, 2.05) is 0 Å². The minimum atomic E-state index is 0.278. The summed E-state index contributed by atoms with van der Waals surface area (Å²) in [7, 11) is 0. The quantitative estimate of drug-likeness (QED) is 0.873. The molecule has 1 heterocycles. The number of hydrogen-bond donors (Lipinski definition) is 1. The fourth-order valence-corrected chi connectivity index (χ4v) is 3.68. The maximum Gasteiger partial charge on any atom is 0.229 e. The molecule has 2 unspecified atom stereocenters. The Morgan fingerprint density at radius 2 is 2.19 bits per heavy atom. The predicted molar refractivity (Wildman–Crippen MR) is 84.2 cm³/mol. The number of hydrogen-bond acceptors (Lipinski definition) is 5. The van der Waals surface area contributed by atoms with Gasteiger partial charge in [0.05, 0.1) is 5.75 Å².